The van der Waals surface area contributed by atoms with E-state index in [0.717, 1.165) is 13.1 Å². The van der Waals surface area contributed by atoms with E-state index in [0.29, 0.717) is 11.7 Å². The molecule has 1 saturated heterocycles. The highest BCUT2D eigenvalue weighted by atomic mass is 16.3. The average Bonchev–Trinajstić information content (AvgIpc) is 1.57. The van der Waals surface area contributed by atoms with Crippen molar-refractivity contribution in [3.63, 3.8) is 0 Å². The molecule has 0 saturated carbocycles. The molecular formula is C6H11NO. The largest absolute Gasteiger partial charge is 0.513 e. The van der Waals surface area contributed by atoms with E-state index in [4.69, 9.17) is 5.11 Å². The van der Waals surface area contributed by atoms with Gasteiger partial charge in [-0.15, -0.1) is 0 Å². The number of rotatable bonds is 1. The van der Waals surface area contributed by atoms with Crippen LogP contribution in [0.25, 0.3) is 0 Å². The standard InChI is InChI=1S/C6H11NO/c1-5(8)6-3-7(2)4-6/h6,8H,1,3-4H2,2H3. The Hall–Kier alpha value is -0.500. The van der Waals surface area contributed by atoms with Gasteiger partial charge >= 0.3 is 0 Å². The first-order valence-electron chi connectivity index (χ1n) is 2.76. The van der Waals surface area contributed by atoms with Gasteiger partial charge in [-0.05, 0) is 7.05 Å². The predicted molar refractivity (Wildman–Crippen MR) is 32.8 cm³/mol. The molecule has 1 aliphatic heterocycles. The van der Waals surface area contributed by atoms with E-state index in [2.05, 4.69) is 11.5 Å². The van der Waals surface area contributed by atoms with Crippen molar-refractivity contribution in [3.8, 4) is 0 Å². The van der Waals surface area contributed by atoms with Crippen LogP contribution in [0.1, 0.15) is 0 Å². The predicted octanol–water partition coefficient (Wildman–Crippen LogP) is 0.620. The van der Waals surface area contributed by atoms with Crippen LogP contribution in [0.3, 0.4) is 0 Å². The number of aliphatic hydroxyl groups excluding tert-OH is 1. The Labute approximate surface area is 49.4 Å². The molecule has 0 unspecified atom stereocenters. The molecule has 8 heavy (non-hydrogen) atoms. The van der Waals surface area contributed by atoms with Gasteiger partial charge in [-0.3, -0.25) is 0 Å². The van der Waals surface area contributed by atoms with E-state index >= 15 is 0 Å². The van der Waals surface area contributed by atoms with Crippen LogP contribution in [0, 0.1) is 5.92 Å². The summed E-state index contributed by atoms with van der Waals surface area (Å²) in [6.45, 7) is 5.38. The van der Waals surface area contributed by atoms with E-state index in [-0.39, 0.29) is 0 Å². The van der Waals surface area contributed by atoms with Gasteiger partial charge in [-0.1, -0.05) is 6.58 Å². The SMILES string of the molecule is C=C(O)C1CN(C)C1. The van der Waals surface area contributed by atoms with Crippen LogP contribution in [0.5, 0.6) is 0 Å². The summed E-state index contributed by atoms with van der Waals surface area (Å²) in [5.41, 5.74) is 0. The molecule has 0 aromatic rings. The number of aliphatic hydroxyl groups is 1. The Morgan fingerprint density at radius 1 is 1.75 bits per heavy atom. The zero-order valence-electron chi connectivity index (χ0n) is 5.09. The summed E-state index contributed by atoms with van der Waals surface area (Å²) < 4.78 is 0. The smallest absolute Gasteiger partial charge is 0.0907 e. The highest BCUT2D eigenvalue weighted by Crippen LogP contribution is 2.17. The van der Waals surface area contributed by atoms with Crippen LogP contribution in [0.15, 0.2) is 12.3 Å². The second-order valence-electron chi connectivity index (χ2n) is 2.41. The third kappa shape index (κ3) is 0.842. The minimum Gasteiger partial charge on any atom is -0.513 e. The van der Waals surface area contributed by atoms with Crippen LogP contribution in [0.2, 0.25) is 0 Å². The summed E-state index contributed by atoms with van der Waals surface area (Å²) in [6, 6.07) is 0. The lowest BCUT2D eigenvalue weighted by Gasteiger charge is -2.35. The quantitative estimate of drug-likeness (QED) is 0.504. The molecule has 1 aliphatic rings. The summed E-state index contributed by atoms with van der Waals surface area (Å²) >= 11 is 0. The van der Waals surface area contributed by atoms with Crippen molar-refractivity contribution in [2.24, 2.45) is 5.92 Å². The van der Waals surface area contributed by atoms with Crippen molar-refractivity contribution in [1.82, 2.24) is 4.90 Å². The third-order valence-electron chi connectivity index (χ3n) is 1.54. The first-order chi connectivity index (χ1) is 3.70. The Kier molecular flexibility index (Phi) is 1.26. The van der Waals surface area contributed by atoms with Gasteiger partial charge in [0.2, 0.25) is 0 Å². The lowest BCUT2D eigenvalue weighted by molar-refractivity contribution is 0.123. The van der Waals surface area contributed by atoms with Gasteiger partial charge in [0.15, 0.2) is 0 Å². The van der Waals surface area contributed by atoms with Gasteiger partial charge in [0.05, 0.1) is 5.76 Å². The molecule has 1 N–H and O–H groups in total. The summed E-state index contributed by atoms with van der Waals surface area (Å²) in [4.78, 5) is 2.14. The zero-order chi connectivity index (χ0) is 6.15. The molecule has 1 heterocycles. The highest BCUT2D eigenvalue weighted by Gasteiger charge is 2.24. The van der Waals surface area contributed by atoms with Crippen molar-refractivity contribution >= 4 is 0 Å². The van der Waals surface area contributed by atoms with E-state index in [9.17, 15) is 0 Å². The number of nitrogens with zero attached hydrogens (tertiary/aromatic N) is 1. The average molecular weight is 113 g/mol. The van der Waals surface area contributed by atoms with Crippen molar-refractivity contribution in [1.29, 1.82) is 0 Å². The molecular weight excluding hydrogens is 102 g/mol. The maximum Gasteiger partial charge on any atom is 0.0907 e. The first kappa shape index (κ1) is 5.63. The molecule has 0 radical (unpaired) electrons. The van der Waals surface area contributed by atoms with Crippen LogP contribution in [-0.4, -0.2) is 30.1 Å². The molecule has 0 aromatic carbocycles. The summed E-state index contributed by atoms with van der Waals surface area (Å²) in [5, 5.41) is 8.77. The van der Waals surface area contributed by atoms with Gasteiger partial charge in [0, 0.05) is 19.0 Å². The maximum atomic E-state index is 8.77. The molecule has 46 valence electrons. The zero-order valence-corrected chi connectivity index (χ0v) is 5.09. The maximum absolute atomic E-state index is 8.77. The lowest BCUT2D eigenvalue weighted by atomic mass is 10.00. The number of hydrogen-bond donors (Lipinski definition) is 1. The summed E-state index contributed by atoms with van der Waals surface area (Å²) in [7, 11) is 2.03. The molecule has 0 aromatic heterocycles. The van der Waals surface area contributed by atoms with Crippen molar-refractivity contribution in [2.45, 2.75) is 0 Å². The molecule has 1 rings (SSSR count). The van der Waals surface area contributed by atoms with Crippen molar-refractivity contribution in [3.05, 3.63) is 12.3 Å². The van der Waals surface area contributed by atoms with Gasteiger partial charge in [-0.2, -0.15) is 0 Å². The number of hydrogen-bond acceptors (Lipinski definition) is 2. The fourth-order valence-electron chi connectivity index (χ4n) is 0.910. The topological polar surface area (TPSA) is 23.5 Å². The molecule has 1 fully saturated rings. The normalized spacial score (nSPS) is 22.6. The molecule has 0 amide bonds. The van der Waals surface area contributed by atoms with Crippen LogP contribution >= 0.6 is 0 Å². The fraction of sp³-hybridized carbons (Fsp3) is 0.667. The van der Waals surface area contributed by atoms with Gasteiger partial charge in [0.1, 0.15) is 0 Å². The van der Waals surface area contributed by atoms with Gasteiger partial charge < -0.3 is 10.0 Å². The highest BCUT2D eigenvalue weighted by molar-refractivity contribution is 4.97. The molecule has 2 nitrogen and oxygen atoms in total. The van der Waals surface area contributed by atoms with E-state index in [1.165, 1.54) is 0 Å². The minimum absolute atomic E-state index is 0.336. The molecule has 0 bridgehead atoms. The van der Waals surface area contributed by atoms with Crippen LogP contribution in [0.4, 0.5) is 0 Å². The third-order valence-corrected chi connectivity index (χ3v) is 1.54. The molecule has 0 aliphatic carbocycles. The second kappa shape index (κ2) is 1.78. The minimum atomic E-state index is 0.336. The Morgan fingerprint density at radius 3 is 2.38 bits per heavy atom. The van der Waals surface area contributed by atoms with E-state index in [1.807, 2.05) is 7.05 Å². The second-order valence-corrected chi connectivity index (χ2v) is 2.41. The van der Waals surface area contributed by atoms with Crippen molar-refractivity contribution < 1.29 is 5.11 Å². The van der Waals surface area contributed by atoms with Crippen LogP contribution in [-0.2, 0) is 0 Å². The Bertz CT molecular complexity index is 105. The molecule has 0 atom stereocenters. The van der Waals surface area contributed by atoms with Crippen molar-refractivity contribution in [2.75, 3.05) is 20.1 Å². The lowest BCUT2D eigenvalue weighted by Crippen LogP contribution is -2.44. The molecule has 0 spiro atoms. The van der Waals surface area contributed by atoms with Gasteiger partial charge in [0.25, 0.3) is 0 Å². The Balaban J connectivity index is 2.25. The summed E-state index contributed by atoms with van der Waals surface area (Å²) in [5.74, 6) is 0.683. The van der Waals surface area contributed by atoms with Crippen LogP contribution < -0.4 is 0 Å². The van der Waals surface area contributed by atoms with E-state index < -0.39 is 0 Å². The summed E-state index contributed by atoms with van der Waals surface area (Å²) in [6.07, 6.45) is 0. The number of likely N-dealkylation sites (tertiary alicyclic amines) is 1. The first-order valence-corrected chi connectivity index (χ1v) is 2.76. The Morgan fingerprint density at radius 2 is 2.25 bits per heavy atom. The monoisotopic (exact) mass is 113 g/mol. The van der Waals surface area contributed by atoms with E-state index in [1.54, 1.807) is 0 Å². The molecule has 2 heteroatoms. The fourth-order valence-corrected chi connectivity index (χ4v) is 0.910. The van der Waals surface area contributed by atoms with Gasteiger partial charge in [-0.25, -0.2) is 0 Å².